The SMILES string of the molecule is Cc1cc(-c2ccc(C#N)cc2)ccc1N. The number of rotatable bonds is 1. The van der Waals surface area contributed by atoms with Crippen LogP contribution in [0.15, 0.2) is 42.5 Å². The fourth-order valence-electron chi connectivity index (χ4n) is 1.59. The van der Waals surface area contributed by atoms with E-state index in [2.05, 4.69) is 12.1 Å². The van der Waals surface area contributed by atoms with E-state index in [0.717, 1.165) is 22.4 Å². The minimum absolute atomic E-state index is 0.677. The van der Waals surface area contributed by atoms with E-state index in [4.69, 9.17) is 11.0 Å². The van der Waals surface area contributed by atoms with Crippen molar-refractivity contribution in [1.29, 1.82) is 5.26 Å². The van der Waals surface area contributed by atoms with E-state index in [0.29, 0.717) is 5.56 Å². The van der Waals surface area contributed by atoms with Crippen LogP contribution in [0.1, 0.15) is 11.1 Å². The molecule has 0 unspecified atom stereocenters. The normalized spacial score (nSPS) is 9.75. The molecule has 2 N–H and O–H groups in total. The van der Waals surface area contributed by atoms with Crippen molar-refractivity contribution in [2.24, 2.45) is 0 Å². The topological polar surface area (TPSA) is 49.8 Å². The van der Waals surface area contributed by atoms with Crippen LogP contribution in [0.4, 0.5) is 5.69 Å². The number of nitrogens with zero attached hydrogens (tertiary/aromatic N) is 1. The average Bonchev–Trinajstić information content (AvgIpc) is 2.33. The van der Waals surface area contributed by atoms with Crippen LogP contribution in [0, 0.1) is 18.3 Å². The molecule has 0 aliphatic heterocycles. The van der Waals surface area contributed by atoms with Crippen LogP contribution < -0.4 is 5.73 Å². The third-order valence-electron chi connectivity index (χ3n) is 2.62. The van der Waals surface area contributed by atoms with Gasteiger partial charge in [0.15, 0.2) is 0 Å². The standard InChI is InChI=1S/C14H12N2/c1-10-8-13(6-7-14(10)16)12-4-2-11(9-15)3-5-12/h2-8H,16H2,1H3. The maximum absolute atomic E-state index is 8.71. The lowest BCUT2D eigenvalue weighted by Gasteiger charge is -2.05. The first-order chi connectivity index (χ1) is 7.70. The number of aryl methyl sites for hydroxylation is 1. The fourth-order valence-corrected chi connectivity index (χ4v) is 1.59. The maximum atomic E-state index is 8.71. The highest BCUT2D eigenvalue weighted by Crippen LogP contribution is 2.23. The summed E-state index contributed by atoms with van der Waals surface area (Å²) in [5, 5.41) is 8.71. The van der Waals surface area contributed by atoms with Gasteiger partial charge in [-0.05, 0) is 47.9 Å². The molecular formula is C14H12N2. The van der Waals surface area contributed by atoms with Gasteiger partial charge in [0, 0.05) is 5.69 Å². The van der Waals surface area contributed by atoms with Gasteiger partial charge in [-0.15, -0.1) is 0 Å². The highest BCUT2D eigenvalue weighted by atomic mass is 14.5. The Balaban J connectivity index is 2.43. The molecule has 0 radical (unpaired) electrons. The van der Waals surface area contributed by atoms with Crippen LogP contribution >= 0.6 is 0 Å². The third-order valence-corrected chi connectivity index (χ3v) is 2.62. The summed E-state index contributed by atoms with van der Waals surface area (Å²) in [5.74, 6) is 0. The first-order valence-corrected chi connectivity index (χ1v) is 5.07. The van der Waals surface area contributed by atoms with Crippen LogP contribution in [0.5, 0.6) is 0 Å². The molecule has 2 heteroatoms. The largest absolute Gasteiger partial charge is 0.399 e. The summed E-state index contributed by atoms with van der Waals surface area (Å²) in [5.41, 5.74) is 10.5. The highest BCUT2D eigenvalue weighted by molar-refractivity contribution is 5.68. The lowest BCUT2D eigenvalue weighted by atomic mass is 10.0. The molecule has 2 rings (SSSR count). The van der Waals surface area contributed by atoms with Gasteiger partial charge in [0.05, 0.1) is 11.6 Å². The molecule has 0 aliphatic carbocycles. The number of hydrogen-bond acceptors (Lipinski definition) is 2. The second-order valence-corrected chi connectivity index (χ2v) is 3.76. The quantitative estimate of drug-likeness (QED) is 0.732. The van der Waals surface area contributed by atoms with Crippen molar-refractivity contribution in [1.82, 2.24) is 0 Å². The number of nitrogens with two attached hydrogens (primary N) is 1. The molecule has 2 aromatic carbocycles. The highest BCUT2D eigenvalue weighted by Gasteiger charge is 2.00. The first-order valence-electron chi connectivity index (χ1n) is 5.07. The summed E-state index contributed by atoms with van der Waals surface area (Å²) >= 11 is 0. The van der Waals surface area contributed by atoms with Crippen LogP contribution in [0.3, 0.4) is 0 Å². The van der Waals surface area contributed by atoms with Crippen molar-refractivity contribution in [3.63, 3.8) is 0 Å². The molecule has 0 aromatic heterocycles. The zero-order valence-electron chi connectivity index (χ0n) is 9.07. The predicted molar refractivity (Wildman–Crippen MR) is 65.7 cm³/mol. The minimum atomic E-state index is 0.677. The smallest absolute Gasteiger partial charge is 0.0991 e. The molecule has 2 aromatic rings. The van der Waals surface area contributed by atoms with Crippen LogP contribution in [0.25, 0.3) is 11.1 Å². The zero-order chi connectivity index (χ0) is 11.5. The van der Waals surface area contributed by atoms with E-state index >= 15 is 0 Å². The monoisotopic (exact) mass is 208 g/mol. The Hall–Kier alpha value is -2.27. The van der Waals surface area contributed by atoms with Gasteiger partial charge < -0.3 is 5.73 Å². The van der Waals surface area contributed by atoms with Crippen LogP contribution in [-0.4, -0.2) is 0 Å². The Morgan fingerprint density at radius 2 is 1.62 bits per heavy atom. The Bertz CT molecular complexity index is 548. The summed E-state index contributed by atoms with van der Waals surface area (Å²) in [6.07, 6.45) is 0. The molecule has 16 heavy (non-hydrogen) atoms. The molecule has 0 heterocycles. The Morgan fingerprint density at radius 3 is 2.19 bits per heavy atom. The zero-order valence-corrected chi connectivity index (χ0v) is 9.07. The van der Waals surface area contributed by atoms with Crippen molar-refractivity contribution in [3.8, 4) is 17.2 Å². The lowest BCUT2D eigenvalue weighted by Crippen LogP contribution is -1.89. The summed E-state index contributed by atoms with van der Waals surface area (Å²) in [4.78, 5) is 0. The number of nitriles is 1. The molecule has 0 aliphatic rings. The van der Waals surface area contributed by atoms with Gasteiger partial charge in [-0.1, -0.05) is 18.2 Å². The molecule has 0 saturated heterocycles. The summed E-state index contributed by atoms with van der Waals surface area (Å²) in [6, 6.07) is 15.6. The van der Waals surface area contributed by atoms with E-state index < -0.39 is 0 Å². The molecule has 0 spiro atoms. The molecule has 2 nitrogen and oxygen atoms in total. The number of hydrogen-bond donors (Lipinski definition) is 1. The Labute approximate surface area is 95.0 Å². The van der Waals surface area contributed by atoms with Crippen LogP contribution in [0.2, 0.25) is 0 Å². The molecule has 78 valence electrons. The van der Waals surface area contributed by atoms with Gasteiger partial charge >= 0.3 is 0 Å². The van der Waals surface area contributed by atoms with Gasteiger partial charge in [-0.2, -0.15) is 5.26 Å². The Kier molecular flexibility index (Phi) is 2.61. The van der Waals surface area contributed by atoms with Crippen LogP contribution in [-0.2, 0) is 0 Å². The van der Waals surface area contributed by atoms with Crippen molar-refractivity contribution in [2.45, 2.75) is 6.92 Å². The molecule has 0 bridgehead atoms. The number of benzene rings is 2. The van der Waals surface area contributed by atoms with E-state index in [1.54, 1.807) is 0 Å². The summed E-state index contributed by atoms with van der Waals surface area (Å²) < 4.78 is 0. The second-order valence-electron chi connectivity index (χ2n) is 3.76. The second kappa shape index (κ2) is 4.08. The lowest BCUT2D eigenvalue weighted by molar-refractivity contribution is 1.45. The Morgan fingerprint density at radius 1 is 1.00 bits per heavy atom. The van der Waals surface area contributed by atoms with Crippen molar-refractivity contribution in [2.75, 3.05) is 5.73 Å². The van der Waals surface area contributed by atoms with Crippen molar-refractivity contribution < 1.29 is 0 Å². The molecular weight excluding hydrogens is 196 g/mol. The number of anilines is 1. The molecule has 0 fully saturated rings. The van der Waals surface area contributed by atoms with E-state index in [-0.39, 0.29) is 0 Å². The maximum Gasteiger partial charge on any atom is 0.0991 e. The molecule has 0 amide bonds. The third kappa shape index (κ3) is 1.89. The molecule has 0 atom stereocenters. The first kappa shape index (κ1) is 10.3. The average molecular weight is 208 g/mol. The van der Waals surface area contributed by atoms with E-state index in [1.165, 1.54) is 0 Å². The van der Waals surface area contributed by atoms with Gasteiger partial charge in [0.2, 0.25) is 0 Å². The van der Waals surface area contributed by atoms with Gasteiger partial charge in [-0.25, -0.2) is 0 Å². The van der Waals surface area contributed by atoms with Crippen molar-refractivity contribution in [3.05, 3.63) is 53.6 Å². The number of nitrogen functional groups attached to an aromatic ring is 1. The molecule has 0 saturated carbocycles. The fraction of sp³-hybridized carbons (Fsp3) is 0.0714. The van der Waals surface area contributed by atoms with Gasteiger partial charge in [0.1, 0.15) is 0 Å². The van der Waals surface area contributed by atoms with Gasteiger partial charge in [0.25, 0.3) is 0 Å². The van der Waals surface area contributed by atoms with E-state index in [1.807, 2.05) is 43.3 Å². The van der Waals surface area contributed by atoms with Gasteiger partial charge in [-0.3, -0.25) is 0 Å². The minimum Gasteiger partial charge on any atom is -0.399 e. The van der Waals surface area contributed by atoms with E-state index in [9.17, 15) is 0 Å². The predicted octanol–water partition coefficient (Wildman–Crippen LogP) is 3.12. The van der Waals surface area contributed by atoms with Crippen molar-refractivity contribution >= 4 is 5.69 Å². The summed E-state index contributed by atoms with van der Waals surface area (Å²) in [6.45, 7) is 1.99. The summed E-state index contributed by atoms with van der Waals surface area (Å²) in [7, 11) is 0.